The van der Waals surface area contributed by atoms with Gasteiger partial charge in [0, 0.05) is 24.8 Å². The molecule has 0 N–H and O–H groups in total. The molecule has 3 heteroatoms. The van der Waals surface area contributed by atoms with Crippen molar-refractivity contribution in [2.75, 3.05) is 0 Å². The van der Waals surface area contributed by atoms with Gasteiger partial charge in [-0.15, -0.1) is 0 Å². The molecule has 0 spiro atoms. The first-order valence-corrected chi connectivity index (χ1v) is 7.08. The number of hydrogen-bond acceptors (Lipinski definition) is 3. The summed E-state index contributed by atoms with van der Waals surface area (Å²) in [5, 5.41) is 0. The molecule has 0 aliphatic rings. The zero-order valence-electron chi connectivity index (χ0n) is 12.0. The smallest absolute Gasteiger partial charge is 0.0888 e. The highest BCUT2D eigenvalue weighted by atomic mass is 14.8. The van der Waals surface area contributed by atoms with Crippen LogP contribution in [0.5, 0.6) is 0 Å². The fourth-order valence-corrected chi connectivity index (χ4v) is 2.28. The van der Waals surface area contributed by atoms with Crippen LogP contribution in [0.25, 0.3) is 11.4 Å². The first-order chi connectivity index (χ1) is 10.3. The average Bonchev–Trinajstić information content (AvgIpc) is 2.54. The summed E-state index contributed by atoms with van der Waals surface area (Å²) in [7, 11) is 0. The zero-order chi connectivity index (χ0) is 14.5. The van der Waals surface area contributed by atoms with Crippen LogP contribution >= 0.6 is 0 Å². The highest BCUT2D eigenvalue weighted by Gasteiger charge is 2.03. The lowest BCUT2D eigenvalue weighted by Crippen LogP contribution is -1.94. The van der Waals surface area contributed by atoms with Gasteiger partial charge in [-0.2, -0.15) is 0 Å². The van der Waals surface area contributed by atoms with Gasteiger partial charge < -0.3 is 0 Å². The van der Waals surface area contributed by atoms with Crippen LogP contribution in [0.1, 0.15) is 16.7 Å². The van der Waals surface area contributed by atoms with E-state index in [1.165, 1.54) is 16.7 Å². The summed E-state index contributed by atoms with van der Waals surface area (Å²) >= 11 is 0. The number of nitrogens with zero attached hydrogens (tertiary/aromatic N) is 3. The monoisotopic (exact) mass is 275 g/mol. The van der Waals surface area contributed by atoms with Gasteiger partial charge >= 0.3 is 0 Å². The lowest BCUT2D eigenvalue weighted by Gasteiger charge is -2.05. The molecule has 0 saturated heterocycles. The second-order valence-corrected chi connectivity index (χ2v) is 5.12. The molecule has 3 nitrogen and oxygen atoms in total. The predicted molar refractivity (Wildman–Crippen MR) is 83.9 cm³/mol. The quantitative estimate of drug-likeness (QED) is 0.729. The highest BCUT2D eigenvalue weighted by Crippen LogP contribution is 2.17. The van der Waals surface area contributed by atoms with Gasteiger partial charge in [-0.25, -0.2) is 0 Å². The van der Waals surface area contributed by atoms with E-state index < -0.39 is 0 Å². The SMILES string of the molecule is Cc1ccnc(-c2cc(CCc3ccncc3)ccn2)c1. The zero-order valence-corrected chi connectivity index (χ0v) is 12.0. The lowest BCUT2D eigenvalue weighted by atomic mass is 10.0. The van der Waals surface area contributed by atoms with Crippen molar-refractivity contribution in [3.8, 4) is 11.4 Å². The Morgan fingerprint density at radius 1 is 0.714 bits per heavy atom. The van der Waals surface area contributed by atoms with E-state index in [1.54, 1.807) is 0 Å². The molecule has 0 aliphatic carbocycles. The van der Waals surface area contributed by atoms with Crippen molar-refractivity contribution in [2.45, 2.75) is 19.8 Å². The van der Waals surface area contributed by atoms with Crippen LogP contribution in [0, 0.1) is 6.92 Å². The van der Waals surface area contributed by atoms with Gasteiger partial charge in [0.2, 0.25) is 0 Å². The minimum atomic E-state index is 0.931. The van der Waals surface area contributed by atoms with E-state index >= 15 is 0 Å². The number of hydrogen-bond donors (Lipinski definition) is 0. The molecule has 0 atom stereocenters. The summed E-state index contributed by atoms with van der Waals surface area (Å²) < 4.78 is 0. The largest absolute Gasteiger partial charge is 0.265 e. The molecular formula is C18H17N3. The Morgan fingerprint density at radius 3 is 2.10 bits per heavy atom. The normalized spacial score (nSPS) is 10.5. The summed E-state index contributed by atoms with van der Waals surface area (Å²) in [6, 6.07) is 12.4. The van der Waals surface area contributed by atoms with Crippen molar-refractivity contribution in [3.63, 3.8) is 0 Å². The molecule has 3 aromatic rings. The van der Waals surface area contributed by atoms with Gasteiger partial charge in [0.25, 0.3) is 0 Å². The van der Waals surface area contributed by atoms with Gasteiger partial charge in [0.15, 0.2) is 0 Å². The third-order valence-electron chi connectivity index (χ3n) is 3.45. The fourth-order valence-electron chi connectivity index (χ4n) is 2.28. The van der Waals surface area contributed by atoms with Crippen molar-refractivity contribution >= 4 is 0 Å². The van der Waals surface area contributed by atoms with E-state index in [1.807, 2.05) is 30.9 Å². The molecule has 0 amide bonds. The molecule has 0 bridgehead atoms. The van der Waals surface area contributed by atoms with Crippen LogP contribution in [-0.4, -0.2) is 15.0 Å². The van der Waals surface area contributed by atoms with Crippen LogP contribution < -0.4 is 0 Å². The fraction of sp³-hybridized carbons (Fsp3) is 0.167. The second-order valence-electron chi connectivity index (χ2n) is 5.12. The van der Waals surface area contributed by atoms with Crippen molar-refractivity contribution in [1.82, 2.24) is 15.0 Å². The molecule has 21 heavy (non-hydrogen) atoms. The highest BCUT2D eigenvalue weighted by molar-refractivity contribution is 5.55. The van der Waals surface area contributed by atoms with Gasteiger partial charge in [0.05, 0.1) is 11.4 Å². The van der Waals surface area contributed by atoms with E-state index in [0.717, 1.165) is 24.2 Å². The maximum absolute atomic E-state index is 4.43. The van der Waals surface area contributed by atoms with Crippen molar-refractivity contribution in [3.05, 3.63) is 77.9 Å². The maximum atomic E-state index is 4.43. The Kier molecular flexibility index (Phi) is 4.01. The molecule has 0 aromatic carbocycles. The Hall–Kier alpha value is -2.55. The van der Waals surface area contributed by atoms with Gasteiger partial charge in [-0.05, 0) is 72.9 Å². The van der Waals surface area contributed by atoms with E-state index in [4.69, 9.17) is 0 Å². The molecule has 3 rings (SSSR count). The van der Waals surface area contributed by atoms with Crippen molar-refractivity contribution < 1.29 is 0 Å². The Balaban J connectivity index is 1.77. The molecule has 0 saturated carbocycles. The lowest BCUT2D eigenvalue weighted by molar-refractivity contribution is 0.951. The Bertz CT molecular complexity index is 723. The number of aryl methyl sites for hydroxylation is 3. The van der Waals surface area contributed by atoms with Crippen LogP contribution in [0.2, 0.25) is 0 Å². The van der Waals surface area contributed by atoms with E-state index in [2.05, 4.69) is 52.2 Å². The maximum Gasteiger partial charge on any atom is 0.0888 e. The molecular weight excluding hydrogens is 258 g/mol. The van der Waals surface area contributed by atoms with E-state index in [-0.39, 0.29) is 0 Å². The first-order valence-electron chi connectivity index (χ1n) is 7.08. The summed E-state index contributed by atoms with van der Waals surface area (Å²) in [6.45, 7) is 2.07. The summed E-state index contributed by atoms with van der Waals surface area (Å²) in [6.07, 6.45) is 9.36. The first kappa shape index (κ1) is 13.4. The van der Waals surface area contributed by atoms with Crippen LogP contribution in [0.4, 0.5) is 0 Å². The number of rotatable bonds is 4. The predicted octanol–water partition coefficient (Wildman–Crippen LogP) is 3.63. The average molecular weight is 275 g/mol. The molecule has 0 radical (unpaired) electrons. The standard InChI is InChI=1S/C18H17N3/c1-14-4-10-20-17(12-14)18-13-16(7-11-21-18)3-2-15-5-8-19-9-6-15/h4-13H,2-3H2,1H3. The second kappa shape index (κ2) is 6.27. The number of aromatic nitrogens is 3. The number of pyridine rings is 3. The third kappa shape index (κ3) is 3.51. The molecule has 0 fully saturated rings. The van der Waals surface area contributed by atoms with Crippen LogP contribution in [-0.2, 0) is 12.8 Å². The topological polar surface area (TPSA) is 38.7 Å². The molecule has 0 unspecified atom stereocenters. The van der Waals surface area contributed by atoms with Gasteiger partial charge in [-0.3, -0.25) is 15.0 Å². The van der Waals surface area contributed by atoms with Gasteiger partial charge in [-0.1, -0.05) is 0 Å². The van der Waals surface area contributed by atoms with E-state index in [9.17, 15) is 0 Å². The molecule has 104 valence electrons. The summed E-state index contributed by atoms with van der Waals surface area (Å²) in [4.78, 5) is 12.9. The third-order valence-corrected chi connectivity index (χ3v) is 3.45. The van der Waals surface area contributed by atoms with Gasteiger partial charge in [0.1, 0.15) is 0 Å². The summed E-state index contributed by atoms with van der Waals surface area (Å²) in [5.41, 5.74) is 5.65. The van der Waals surface area contributed by atoms with Crippen LogP contribution in [0.15, 0.2) is 61.2 Å². The molecule has 0 aliphatic heterocycles. The summed E-state index contributed by atoms with van der Waals surface area (Å²) in [5.74, 6) is 0. The van der Waals surface area contributed by atoms with Crippen LogP contribution in [0.3, 0.4) is 0 Å². The Morgan fingerprint density at radius 2 is 1.33 bits per heavy atom. The Labute approximate surface area is 124 Å². The minimum Gasteiger partial charge on any atom is -0.265 e. The minimum absolute atomic E-state index is 0.931. The molecule has 3 aromatic heterocycles. The molecule has 3 heterocycles. The van der Waals surface area contributed by atoms with Crippen molar-refractivity contribution in [1.29, 1.82) is 0 Å². The van der Waals surface area contributed by atoms with Crippen molar-refractivity contribution in [2.24, 2.45) is 0 Å². The van der Waals surface area contributed by atoms with E-state index in [0.29, 0.717) is 0 Å².